The number of carbonyl (C=O) groups excluding carboxylic acids is 1. The molecule has 0 heterocycles. The molecule has 0 aliphatic carbocycles. The standard InChI is InChI=1S/C22H28O3Si/c1-5-24-22(23)19(4)25-26(17-16-18(2)3,20-12-8-6-9-13-20)21-14-10-7-11-15-21/h6-16,19H,5,17H2,1-4H3/t19-/m0/s1. The number of rotatable bonds is 8. The van der Waals surface area contributed by atoms with Gasteiger partial charge in [-0.3, -0.25) is 0 Å². The highest BCUT2D eigenvalue weighted by molar-refractivity contribution is 6.97. The van der Waals surface area contributed by atoms with E-state index in [1.54, 1.807) is 6.92 Å². The first-order valence-electron chi connectivity index (χ1n) is 9.08. The molecule has 1 atom stereocenters. The van der Waals surface area contributed by atoms with Gasteiger partial charge in [0.1, 0.15) is 6.10 Å². The molecule has 0 spiro atoms. The molecule has 0 saturated heterocycles. The predicted octanol–water partition coefficient (Wildman–Crippen LogP) is 3.68. The quantitative estimate of drug-likeness (QED) is 0.405. The fourth-order valence-corrected chi connectivity index (χ4v) is 6.99. The van der Waals surface area contributed by atoms with E-state index in [0.717, 1.165) is 16.4 Å². The number of benzene rings is 2. The van der Waals surface area contributed by atoms with Crippen LogP contribution in [0.25, 0.3) is 0 Å². The summed E-state index contributed by atoms with van der Waals surface area (Å²) >= 11 is 0. The molecule has 0 aromatic heterocycles. The largest absolute Gasteiger partial charge is 0.464 e. The van der Waals surface area contributed by atoms with Crippen LogP contribution in [0.1, 0.15) is 27.7 Å². The van der Waals surface area contributed by atoms with Crippen LogP contribution in [0.4, 0.5) is 0 Å². The summed E-state index contributed by atoms with van der Waals surface area (Å²) in [6.45, 7) is 8.13. The summed E-state index contributed by atoms with van der Waals surface area (Å²) in [7, 11) is -2.64. The normalized spacial score (nSPS) is 12.3. The van der Waals surface area contributed by atoms with Crippen LogP contribution in [0.3, 0.4) is 0 Å². The van der Waals surface area contributed by atoms with Crippen molar-refractivity contribution in [3.63, 3.8) is 0 Å². The van der Waals surface area contributed by atoms with Crippen LogP contribution in [-0.2, 0) is 14.0 Å². The molecule has 0 bridgehead atoms. The molecule has 138 valence electrons. The third-order valence-corrected chi connectivity index (χ3v) is 8.34. The molecule has 0 aliphatic heterocycles. The number of ether oxygens (including phenoxy) is 1. The molecule has 0 aliphatic rings. The Labute approximate surface area is 157 Å². The van der Waals surface area contributed by atoms with Crippen molar-refractivity contribution in [2.45, 2.75) is 39.8 Å². The number of hydrogen-bond acceptors (Lipinski definition) is 3. The second-order valence-electron chi connectivity index (χ2n) is 6.56. The van der Waals surface area contributed by atoms with Crippen molar-refractivity contribution in [1.82, 2.24) is 0 Å². The lowest BCUT2D eigenvalue weighted by Gasteiger charge is -2.34. The molecule has 3 nitrogen and oxygen atoms in total. The summed E-state index contributed by atoms with van der Waals surface area (Å²) in [6, 6.07) is 21.3. The van der Waals surface area contributed by atoms with Gasteiger partial charge in [0.2, 0.25) is 0 Å². The van der Waals surface area contributed by atoms with Crippen LogP contribution in [0.15, 0.2) is 72.3 Å². The molecule has 2 rings (SSSR count). The second kappa shape index (κ2) is 9.50. The number of hydrogen-bond donors (Lipinski definition) is 0. The summed E-state index contributed by atoms with van der Waals surface area (Å²) in [5.74, 6) is -0.312. The molecule has 0 radical (unpaired) electrons. The lowest BCUT2D eigenvalue weighted by Crippen LogP contribution is -2.62. The molecule has 2 aromatic rings. The molecule has 26 heavy (non-hydrogen) atoms. The van der Waals surface area contributed by atoms with Crippen LogP contribution >= 0.6 is 0 Å². The average molecular weight is 369 g/mol. The topological polar surface area (TPSA) is 35.5 Å². The molecule has 4 heteroatoms. The van der Waals surface area contributed by atoms with Gasteiger partial charge >= 0.3 is 5.97 Å². The van der Waals surface area contributed by atoms with Crippen molar-refractivity contribution >= 4 is 24.7 Å². The lowest BCUT2D eigenvalue weighted by molar-refractivity contribution is -0.150. The minimum Gasteiger partial charge on any atom is -0.464 e. The first kappa shape index (κ1) is 20.1. The Balaban J connectivity index is 2.56. The van der Waals surface area contributed by atoms with Gasteiger partial charge in [-0.05, 0) is 44.1 Å². The first-order chi connectivity index (χ1) is 12.5. The number of esters is 1. The second-order valence-corrected chi connectivity index (χ2v) is 10.0. The summed E-state index contributed by atoms with van der Waals surface area (Å²) in [5, 5.41) is 2.31. The van der Waals surface area contributed by atoms with Gasteiger partial charge in [-0.15, -0.1) is 0 Å². The van der Waals surface area contributed by atoms with E-state index in [1.165, 1.54) is 5.57 Å². The van der Waals surface area contributed by atoms with E-state index in [-0.39, 0.29) is 5.97 Å². The van der Waals surface area contributed by atoms with E-state index >= 15 is 0 Å². The highest BCUT2D eigenvalue weighted by atomic mass is 28.4. The van der Waals surface area contributed by atoms with Crippen LogP contribution in [0.2, 0.25) is 6.04 Å². The van der Waals surface area contributed by atoms with Gasteiger partial charge in [-0.2, -0.15) is 0 Å². The van der Waals surface area contributed by atoms with Crippen molar-refractivity contribution < 1.29 is 14.0 Å². The summed E-state index contributed by atoms with van der Waals surface area (Å²) < 4.78 is 11.8. The number of carbonyl (C=O) groups is 1. The third kappa shape index (κ3) is 4.93. The van der Waals surface area contributed by atoms with E-state index in [0.29, 0.717) is 6.61 Å². The van der Waals surface area contributed by atoms with E-state index in [4.69, 9.17) is 9.16 Å². The van der Waals surface area contributed by atoms with Crippen molar-refractivity contribution in [2.24, 2.45) is 0 Å². The first-order valence-corrected chi connectivity index (χ1v) is 11.2. The minimum atomic E-state index is -2.64. The van der Waals surface area contributed by atoms with Gasteiger partial charge in [0.15, 0.2) is 0 Å². The zero-order valence-corrected chi connectivity index (χ0v) is 17.1. The van der Waals surface area contributed by atoms with Crippen LogP contribution in [0.5, 0.6) is 0 Å². The zero-order valence-electron chi connectivity index (χ0n) is 16.1. The average Bonchev–Trinajstić information content (AvgIpc) is 2.66. The summed E-state index contributed by atoms with van der Waals surface area (Å²) in [6.07, 6.45) is 1.59. The van der Waals surface area contributed by atoms with Crippen LogP contribution < -0.4 is 10.4 Å². The maximum atomic E-state index is 12.3. The summed E-state index contributed by atoms with van der Waals surface area (Å²) in [4.78, 5) is 12.3. The molecule has 0 saturated carbocycles. The Bertz CT molecular complexity index is 682. The maximum Gasteiger partial charge on any atom is 0.333 e. The Hall–Kier alpha value is -2.17. The molecule has 0 N–H and O–H groups in total. The van der Waals surface area contributed by atoms with Gasteiger partial charge in [-0.25, -0.2) is 4.79 Å². The molecular weight excluding hydrogens is 340 g/mol. The Morgan fingerprint density at radius 1 is 1.00 bits per heavy atom. The molecular formula is C22H28O3Si. The van der Waals surface area contributed by atoms with Crippen LogP contribution in [-0.4, -0.2) is 27.0 Å². The smallest absolute Gasteiger partial charge is 0.333 e. The van der Waals surface area contributed by atoms with Crippen molar-refractivity contribution in [3.8, 4) is 0 Å². The van der Waals surface area contributed by atoms with Crippen molar-refractivity contribution in [2.75, 3.05) is 6.61 Å². The SMILES string of the molecule is CCOC(=O)[C@H](C)O[Si](CC=C(C)C)(c1ccccc1)c1ccccc1. The lowest BCUT2D eigenvalue weighted by atomic mass is 10.3. The van der Waals surface area contributed by atoms with E-state index in [2.05, 4.69) is 44.2 Å². The summed E-state index contributed by atoms with van der Waals surface area (Å²) in [5.41, 5.74) is 1.24. The fourth-order valence-electron chi connectivity index (χ4n) is 2.96. The van der Waals surface area contributed by atoms with Gasteiger partial charge < -0.3 is 9.16 Å². The van der Waals surface area contributed by atoms with E-state index in [1.807, 2.05) is 43.3 Å². The molecule has 0 fully saturated rings. The van der Waals surface area contributed by atoms with Crippen LogP contribution in [0, 0.1) is 0 Å². The predicted molar refractivity (Wildman–Crippen MR) is 109 cm³/mol. The third-order valence-electron chi connectivity index (χ3n) is 4.27. The molecule has 0 unspecified atom stereocenters. The highest BCUT2D eigenvalue weighted by Gasteiger charge is 2.41. The minimum absolute atomic E-state index is 0.312. The zero-order chi connectivity index (χ0) is 19.0. The van der Waals surface area contributed by atoms with Gasteiger partial charge in [-0.1, -0.05) is 72.3 Å². The monoisotopic (exact) mass is 368 g/mol. The fraction of sp³-hybridized carbons (Fsp3) is 0.318. The maximum absolute atomic E-state index is 12.3. The Morgan fingerprint density at radius 2 is 1.50 bits per heavy atom. The molecule has 2 aromatic carbocycles. The Morgan fingerprint density at radius 3 is 1.92 bits per heavy atom. The van der Waals surface area contributed by atoms with Gasteiger partial charge in [0.25, 0.3) is 8.32 Å². The van der Waals surface area contributed by atoms with Crippen molar-refractivity contribution in [3.05, 3.63) is 72.3 Å². The van der Waals surface area contributed by atoms with E-state index < -0.39 is 14.4 Å². The number of allylic oxidation sites excluding steroid dienone is 2. The van der Waals surface area contributed by atoms with E-state index in [9.17, 15) is 4.79 Å². The van der Waals surface area contributed by atoms with Gasteiger partial charge in [0.05, 0.1) is 6.61 Å². The Kier molecular flexibility index (Phi) is 7.36. The van der Waals surface area contributed by atoms with Crippen molar-refractivity contribution in [1.29, 1.82) is 0 Å². The van der Waals surface area contributed by atoms with Gasteiger partial charge in [0, 0.05) is 0 Å². The highest BCUT2D eigenvalue weighted by Crippen LogP contribution is 2.18. The molecule has 0 amide bonds.